The van der Waals surface area contributed by atoms with E-state index in [0.29, 0.717) is 25.5 Å². The van der Waals surface area contributed by atoms with Gasteiger partial charge in [-0.1, -0.05) is 29.8 Å². The van der Waals surface area contributed by atoms with Gasteiger partial charge in [0.1, 0.15) is 13.5 Å². The van der Waals surface area contributed by atoms with Crippen molar-refractivity contribution < 1.29 is 18.9 Å². The lowest BCUT2D eigenvalue weighted by Crippen LogP contribution is -2.41. The Balaban J connectivity index is 2.37. The van der Waals surface area contributed by atoms with Gasteiger partial charge >= 0.3 is 5.69 Å². The molecule has 0 bridgehead atoms. The van der Waals surface area contributed by atoms with Crippen molar-refractivity contribution in [3.8, 4) is 11.3 Å². The van der Waals surface area contributed by atoms with Crippen LogP contribution in [0.4, 0.5) is 0 Å². The summed E-state index contributed by atoms with van der Waals surface area (Å²) in [5.41, 5.74) is 1.42. The standard InChI is InChI=1S/C19H26N2O6/c1-15-4-6-16(7-5-15)17-12-18(22)21(14-27-11-9-25-3)19(23)20(17)13-26-10-8-24-2/h4-7,12H,8-11,13-14H2,1-3H3. The Morgan fingerprint density at radius 3 is 1.93 bits per heavy atom. The van der Waals surface area contributed by atoms with Crippen LogP contribution in [-0.4, -0.2) is 49.8 Å². The Morgan fingerprint density at radius 1 is 0.815 bits per heavy atom. The topological polar surface area (TPSA) is 80.9 Å². The van der Waals surface area contributed by atoms with Crippen molar-refractivity contribution in [1.82, 2.24) is 9.13 Å². The first-order valence-electron chi connectivity index (χ1n) is 8.63. The number of benzene rings is 1. The number of hydrogen-bond donors (Lipinski definition) is 0. The Morgan fingerprint density at radius 2 is 1.37 bits per heavy atom. The van der Waals surface area contributed by atoms with Crippen LogP contribution in [0, 0.1) is 6.92 Å². The van der Waals surface area contributed by atoms with E-state index in [2.05, 4.69) is 0 Å². The highest BCUT2D eigenvalue weighted by atomic mass is 16.5. The van der Waals surface area contributed by atoms with E-state index in [1.807, 2.05) is 31.2 Å². The van der Waals surface area contributed by atoms with Crippen molar-refractivity contribution in [2.75, 3.05) is 40.6 Å². The van der Waals surface area contributed by atoms with Crippen molar-refractivity contribution in [1.29, 1.82) is 0 Å². The van der Waals surface area contributed by atoms with Gasteiger partial charge in [0.2, 0.25) is 0 Å². The lowest BCUT2D eigenvalue weighted by molar-refractivity contribution is 0.0209. The van der Waals surface area contributed by atoms with Gasteiger partial charge in [-0.05, 0) is 12.5 Å². The van der Waals surface area contributed by atoms with Crippen LogP contribution in [0.25, 0.3) is 11.3 Å². The molecule has 2 aromatic rings. The molecule has 0 radical (unpaired) electrons. The number of rotatable bonds is 11. The van der Waals surface area contributed by atoms with E-state index in [1.54, 1.807) is 14.2 Å². The molecule has 0 saturated carbocycles. The van der Waals surface area contributed by atoms with Crippen LogP contribution >= 0.6 is 0 Å². The van der Waals surface area contributed by atoms with Crippen LogP contribution in [-0.2, 0) is 32.4 Å². The van der Waals surface area contributed by atoms with Crippen LogP contribution in [0.5, 0.6) is 0 Å². The summed E-state index contributed by atoms with van der Waals surface area (Å²) in [6.07, 6.45) is 0. The first-order chi connectivity index (χ1) is 13.1. The molecule has 27 heavy (non-hydrogen) atoms. The molecule has 0 amide bonds. The minimum atomic E-state index is -0.493. The fourth-order valence-electron chi connectivity index (χ4n) is 2.42. The monoisotopic (exact) mass is 378 g/mol. The zero-order valence-electron chi connectivity index (χ0n) is 16.0. The van der Waals surface area contributed by atoms with Crippen molar-refractivity contribution in [2.45, 2.75) is 20.4 Å². The molecule has 0 saturated heterocycles. The van der Waals surface area contributed by atoms with E-state index < -0.39 is 11.2 Å². The smallest absolute Gasteiger partial charge is 0.335 e. The molecule has 8 heteroatoms. The second-order valence-corrected chi connectivity index (χ2v) is 5.93. The maximum absolute atomic E-state index is 12.9. The molecule has 0 unspecified atom stereocenters. The largest absolute Gasteiger partial charge is 0.382 e. The van der Waals surface area contributed by atoms with Crippen LogP contribution in [0.2, 0.25) is 0 Å². The zero-order chi connectivity index (χ0) is 19.6. The summed E-state index contributed by atoms with van der Waals surface area (Å²) in [6, 6.07) is 9.01. The molecule has 0 aliphatic carbocycles. The number of nitrogens with zero attached hydrogens (tertiary/aromatic N) is 2. The van der Waals surface area contributed by atoms with Crippen molar-refractivity contribution in [2.24, 2.45) is 0 Å². The van der Waals surface area contributed by atoms with Crippen LogP contribution in [0.1, 0.15) is 5.56 Å². The lowest BCUT2D eigenvalue weighted by Gasteiger charge is -2.16. The molecule has 0 N–H and O–H groups in total. The van der Waals surface area contributed by atoms with Gasteiger partial charge in [0.05, 0.1) is 32.1 Å². The van der Waals surface area contributed by atoms with Gasteiger partial charge in [0.25, 0.3) is 5.56 Å². The number of methoxy groups -OCH3 is 2. The molecule has 0 aliphatic rings. The Labute approximate surface area is 157 Å². The van der Waals surface area contributed by atoms with Gasteiger partial charge in [0.15, 0.2) is 0 Å². The van der Waals surface area contributed by atoms with Gasteiger partial charge in [-0.2, -0.15) is 0 Å². The van der Waals surface area contributed by atoms with Gasteiger partial charge in [0, 0.05) is 20.3 Å². The Hall–Kier alpha value is -2.26. The summed E-state index contributed by atoms with van der Waals surface area (Å²) < 4.78 is 23.2. The van der Waals surface area contributed by atoms with E-state index in [1.165, 1.54) is 10.6 Å². The first-order valence-corrected chi connectivity index (χ1v) is 8.63. The number of aryl methyl sites for hydroxylation is 1. The second kappa shape index (κ2) is 10.8. The maximum Gasteiger partial charge on any atom is 0.335 e. The Kier molecular flexibility index (Phi) is 8.41. The normalized spacial score (nSPS) is 11.1. The number of aromatic nitrogens is 2. The molecule has 2 rings (SSSR count). The van der Waals surface area contributed by atoms with Crippen LogP contribution < -0.4 is 11.2 Å². The average molecular weight is 378 g/mol. The van der Waals surface area contributed by atoms with Gasteiger partial charge in [-0.15, -0.1) is 0 Å². The summed E-state index contributed by atoms with van der Waals surface area (Å²) in [5.74, 6) is 0. The molecule has 0 fully saturated rings. The predicted octanol–water partition coefficient (Wildman–Crippen LogP) is 1.23. The van der Waals surface area contributed by atoms with E-state index in [9.17, 15) is 9.59 Å². The quantitative estimate of drug-likeness (QED) is 0.547. The average Bonchev–Trinajstić information content (AvgIpc) is 2.66. The molecule has 8 nitrogen and oxygen atoms in total. The molecule has 1 aromatic carbocycles. The molecule has 1 heterocycles. The highest BCUT2D eigenvalue weighted by Gasteiger charge is 2.13. The third-order valence-electron chi connectivity index (χ3n) is 3.93. The molecule has 0 aliphatic heterocycles. The summed E-state index contributed by atoms with van der Waals surface area (Å²) in [6.45, 7) is 3.24. The first kappa shape index (κ1) is 21.0. The fraction of sp³-hybridized carbons (Fsp3) is 0.474. The minimum Gasteiger partial charge on any atom is -0.382 e. The number of hydrogen-bond acceptors (Lipinski definition) is 6. The minimum absolute atomic E-state index is 0.00372. The summed E-state index contributed by atoms with van der Waals surface area (Å²) >= 11 is 0. The number of ether oxygens (including phenoxy) is 4. The zero-order valence-corrected chi connectivity index (χ0v) is 16.0. The molecule has 0 spiro atoms. The fourth-order valence-corrected chi connectivity index (χ4v) is 2.42. The van der Waals surface area contributed by atoms with E-state index in [0.717, 1.165) is 15.7 Å². The predicted molar refractivity (Wildman–Crippen MR) is 101 cm³/mol. The summed E-state index contributed by atoms with van der Waals surface area (Å²) in [5, 5.41) is 0. The molecule has 1 aromatic heterocycles. The molecular formula is C19H26N2O6. The van der Waals surface area contributed by atoms with Crippen LogP contribution in [0.15, 0.2) is 39.9 Å². The van der Waals surface area contributed by atoms with Gasteiger partial charge in [-0.3, -0.25) is 9.36 Å². The van der Waals surface area contributed by atoms with E-state index in [4.69, 9.17) is 18.9 Å². The molecule has 148 valence electrons. The third-order valence-corrected chi connectivity index (χ3v) is 3.93. The van der Waals surface area contributed by atoms with Crippen molar-refractivity contribution in [3.05, 3.63) is 56.7 Å². The third kappa shape index (κ3) is 5.86. The van der Waals surface area contributed by atoms with Crippen LogP contribution in [0.3, 0.4) is 0 Å². The van der Waals surface area contributed by atoms with E-state index in [-0.39, 0.29) is 20.1 Å². The lowest BCUT2D eigenvalue weighted by atomic mass is 10.1. The van der Waals surface area contributed by atoms with E-state index >= 15 is 0 Å². The maximum atomic E-state index is 12.9. The van der Waals surface area contributed by atoms with Crippen molar-refractivity contribution >= 4 is 0 Å². The summed E-state index contributed by atoms with van der Waals surface area (Å²) in [4.78, 5) is 25.4. The highest BCUT2D eigenvalue weighted by Crippen LogP contribution is 2.17. The Bertz CT molecular complexity index is 826. The second-order valence-electron chi connectivity index (χ2n) is 5.93. The molecular weight excluding hydrogens is 352 g/mol. The SMILES string of the molecule is COCCOCn1c(-c2ccc(C)cc2)cc(=O)n(COCCOC)c1=O. The van der Waals surface area contributed by atoms with Gasteiger partial charge < -0.3 is 18.9 Å². The summed E-state index contributed by atoms with van der Waals surface area (Å²) in [7, 11) is 3.13. The van der Waals surface area contributed by atoms with Crippen molar-refractivity contribution in [3.63, 3.8) is 0 Å². The van der Waals surface area contributed by atoms with Gasteiger partial charge in [-0.25, -0.2) is 9.36 Å². The highest BCUT2D eigenvalue weighted by molar-refractivity contribution is 5.59. The molecule has 0 atom stereocenters.